The average Bonchev–Trinajstić information content (AvgIpc) is 3.62. The van der Waals surface area contributed by atoms with Crippen LogP contribution in [0.2, 0.25) is 0 Å². The first-order valence-electron chi connectivity index (χ1n) is 14.6. The molecule has 1 fully saturated rings. The molecule has 9 nitrogen and oxygen atoms in total. The highest BCUT2D eigenvalue weighted by Crippen LogP contribution is 2.44. The second-order valence-electron chi connectivity index (χ2n) is 12.0. The van der Waals surface area contributed by atoms with Gasteiger partial charge >= 0.3 is 13.2 Å². The van der Waals surface area contributed by atoms with E-state index in [1.54, 1.807) is 0 Å². The number of nitrogen functional groups attached to an aromatic ring is 1. The number of ether oxygens (including phenoxy) is 1. The van der Waals surface area contributed by atoms with Crippen molar-refractivity contribution in [2.75, 3.05) is 18.9 Å². The summed E-state index contributed by atoms with van der Waals surface area (Å²) in [6, 6.07) is 26.0. The predicted octanol–water partition coefficient (Wildman–Crippen LogP) is 5.88. The lowest BCUT2D eigenvalue weighted by molar-refractivity contribution is 0.00578. The summed E-state index contributed by atoms with van der Waals surface area (Å²) in [6.07, 6.45) is 2.85. The zero-order valence-corrected chi connectivity index (χ0v) is 25.2. The number of carbonyl (C=O) groups excluding carboxylic acids is 1. The Morgan fingerprint density at radius 2 is 1.61 bits per heavy atom. The van der Waals surface area contributed by atoms with E-state index in [4.69, 9.17) is 19.8 Å². The molecule has 1 amide bonds. The number of hydrogen-bond donors (Lipinski definition) is 2. The monoisotopic (exact) mass is 587 g/mol. The van der Waals surface area contributed by atoms with E-state index in [2.05, 4.69) is 34.7 Å². The zero-order chi connectivity index (χ0) is 31.1. The Balaban J connectivity index is 1.18. The summed E-state index contributed by atoms with van der Waals surface area (Å²) in [5, 5.41) is 16.3. The number of nitriles is 1. The van der Waals surface area contributed by atoms with Gasteiger partial charge in [-0.2, -0.15) is 10.4 Å². The van der Waals surface area contributed by atoms with Crippen LogP contribution in [-0.2, 0) is 14.0 Å². The van der Waals surface area contributed by atoms with Gasteiger partial charge in [0.1, 0.15) is 24.1 Å². The lowest BCUT2D eigenvalue weighted by Gasteiger charge is -2.32. The molecule has 4 aromatic rings. The smallest absolute Gasteiger partial charge is 0.449 e. The normalized spacial score (nSPS) is 16.7. The molecule has 0 bridgehead atoms. The summed E-state index contributed by atoms with van der Waals surface area (Å²) in [7, 11) is -0.673. The SMILES string of the molecule is CC1(C)OB(C(=Cc2ccc(-n3ncc(C#N)c3N)cc2)CNC(=O)OCC2c3ccccc3-c3ccccc32)OC1(C)C. The molecule has 1 aliphatic heterocycles. The maximum absolute atomic E-state index is 13.0. The van der Waals surface area contributed by atoms with Crippen molar-refractivity contribution >= 4 is 25.1 Å². The Morgan fingerprint density at radius 1 is 1.02 bits per heavy atom. The minimum Gasteiger partial charge on any atom is -0.449 e. The third kappa shape index (κ3) is 5.36. The van der Waals surface area contributed by atoms with Crippen molar-refractivity contribution in [1.29, 1.82) is 5.26 Å². The van der Waals surface area contributed by atoms with Gasteiger partial charge < -0.3 is 25.1 Å². The van der Waals surface area contributed by atoms with Crippen LogP contribution < -0.4 is 11.1 Å². The molecule has 0 spiro atoms. The molecule has 2 heterocycles. The molecule has 0 saturated carbocycles. The number of fused-ring (bicyclic) bond motifs is 3. The molecular weight excluding hydrogens is 553 g/mol. The minimum absolute atomic E-state index is 0.0298. The summed E-state index contributed by atoms with van der Waals surface area (Å²) in [6.45, 7) is 8.34. The van der Waals surface area contributed by atoms with E-state index >= 15 is 0 Å². The first kappa shape index (κ1) is 29.2. The fraction of sp³-hybridized carbons (Fsp3) is 0.265. The van der Waals surface area contributed by atoms with Crippen LogP contribution in [0.15, 0.2) is 84.5 Å². The van der Waals surface area contributed by atoms with E-state index in [-0.39, 0.29) is 24.9 Å². The van der Waals surface area contributed by atoms with Gasteiger partial charge in [0, 0.05) is 12.5 Å². The quantitative estimate of drug-likeness (QED) is 0.259. The Hall–Kier alpha value is -4.85. The predicted molar refractivity (Wildman–Crippen MR) is 170 cm³/mol. The molecule has 6 rings (SSSR count). The lowest BCUT2D eigenvalue weighted by Crippen LogP contribution is -2.41. The number of carbonyl (C=O) groups is 1. The standard InChI is InChI=1S/C34H34BN5O4/c1-33(2)34(3,4)44-35(43-33)24(17-22-13-15-25(16-14-22)40-31(37)23(18-36)19-39-40)20-38-32(41)42-21-30-28-11-7-5-9-26(28)27-10-6-8-12-29(27)30/h5-17,19,30H,20-21,37H2,1-4H3,(H,38,41). The summed E-state index contributed by atoms with van der Waals surface area (Å²) >= 11 is 0. The van der Waals surface area contributed by atoms with Crippen LogP contribution in [0.4, 0.5) is 10.6 Å². The second kappa shape index (κ2) is 11.3. The summed E-state index contributed by atoms with van der Waals surface area (Å²) < 4.78 is 19.9. The number of anilines is 1. The Kier molecular flexibility index (Phi) is 7.53. The fourth-order valence-corrected chi connectivity index (χ4v) is 5.60. The van der Waals surface area contributed by atoms with Crippen LogP contribution in [0.1, 0.15) is 55.9 Å². The van der Waals surface area contributed by atoms with E-state index in [0.29, 0.717) is 5.56 Å². The van der Waals surface area contributed by atoms with Crippen LogP contribution in [0.5, 0.6) is 0 Å². The lowest BCUT2D eigenvalue weighted by atomic mass is 9.77. The molecule has 0 unspecified atom stereocenters. The molecule has 3 N–H and O–H groups in total. The maximum Gasteiger partial charge on any atom is 0.492 e. The van der Waals surface area contributed by atoms with Gasteiger partial charge in [0.25, 0.3) is 0 Å². The molecule has 10 heteroatoms. The van der Waals surface area contributed by atoms with Crippen LogP contribution in [-0.4, -0.2) is 47.3 Å². The summed E-state index contributed by atoms with van der Waals surface area (Å²) in [5.74, 6) is 0.249. The molecule has 0 radical (unpaired) electrons. The van der Waals surface area contributed by atoms with Crippen LogP contribution in [0.25, 0.3) is 22.9 Å². The molecule has 2 aliphatic rings. The molecule has 3 aromatic carbocycles. The van der Waals surface area contributed by atoms with Crippen molar-refractivity contribution in [1.82, 2.24) is 15.1 Å². The van der Waals surface area contributed by atoms with Crippen LogP contribution in [0.3, 0.4) is 0 Å². The fourth-order valence-electron chi connectivity index (χ4n) is 5.60. The van der Waals surface area contributed by atoms with Gasteiger partial charge in [-0.3, -0.25) is 0 Å². The molecule has 44 heavy (non-hydrogen) atoms. The van der Waals surface area contributed by atoms with Gasteiger partial charge in [-0.1, -0.05) is 66.7 Å². The summed E-state index contributed by atoms with van der Waals surface area (Å²) in [4.78, 5) is 13.0. The van der Waals surface area contributed by atoms with Crippen molar-refractivity contribution < 1.29 is 18.8 Å². The van der Waals surface area contributed by atoms with E-state index in [0.717, 1.165) is 27.9 Å². The highest BCUT2D eigenvalue weighted by molar-refractivity contribution is 6.56. The number of nitrogens with zero attached hydrogens (tertiary/aromatic N) is 3. The number of hydrogen-bond acceptors (Lipinski definition) is 7. The maximum atomic E-state index is 13.0. The van der Waals surface area contributed by atoms with Crippen LogP contribution in [0, 0.1) is 11.3 Å². The number of aromatic nitrogens is 2. The number of rotatable bonds is 7. The molecule has 0 atom stereocenters. The van der Waals surface area contributed by atoms with Crippen molar-refractivity contribution in [3.05, 3.63) is 107 Å². The van der Waals surface area contributed by atoms with Crippen molar-refractivity contribution in [2.45, 2.75) is 44.8 Å². The van der Waals surface area contributed by atoms with Crippen molar-refractivity contribution in [3.63, 3.8) is 0 Å². The third-order valence-electron chi connectivity index (χ3n) is 8.75. The highest BCUT2D eigenvalue weighted by Gasteiger charge is 2.52. The number of nitrogens with one attached hydrogen (secondary N) is 1. The van der Waals surface area contributed by atoms with Gasteiger partial charge in [0.05, 0.1) is 23.1 Å². The first-order chi connectivity index (χ1) is 21.1. The molecule has 1 saturated heterocycles. The van der Waals surface area contributed by atoms with Crippen LogP contribution >= 0.6 is 0 Å². The van der Waals surface area contributed by atoms with Gasteiger partial charge in [-0.05, 0) is 73.1 Å². The van der Waals surface area contributed by atoms with Gasteiger partial charge in [0.2, 0.25) is 0 Å². The number of nitrogens with two attached hydrogens (primary N) is 1. The number of alkyl carbamates (subject to hydrolysis) is 1. The molecule has 1 aliphatic carbocycles. The molecular formula is C34H34BN5O4. The minimum atomic E-state index is -0.673. The Morgan fingerprint density at radius 3 is 2.18 bits per heavy atom. The highest BCUT2D eigenvalue weighted by atomic mass is 16.7. The second-order valence-corrected chi connectivity index (χ2v) is 12.0. The Labute approximate surface area is 257 Å². The van der Waals surface area contributed by atoms with Crippen molar-refractivity contribution in [2.24, 2.45) is 0 Å². The van der Waals surface area contributed by atoms with E-state index < -0.39 is 24.4 Å². The largest absolute Gasteiger partial charge is 0.492 e. The average molecular weight is 587 g/mol. The zero-order valence-electron chi connectivity index (χ0n) is 25.2. The number of benzene rings is 3. The number of amides is 1. The third-order valence-corrected chi connectivity index (χ3v) is 8.75. The van der Waals surface area contributed by atoms with Gasteiger partial charge in [-0.25, -0.2) is 9.48 Å². The molecule has 222 valence electrons. The van der Waals surface area contributed by atoms with Gasteiger partial charge in [0.15, 0.2) is 0 Å². The summed E-state index contributed by atoms with van der Waals surface area (Å²) in [5.41, 5.74) is 12.2. The van der Waals surface area contributed by atoms with Crippen molar-refractivity contribution in [3.8, 4) is 22.9 Å². The topological polar surface area (TPSA) is 124 Å². The van der Waals surface area contributed by atoms with E-state index in [9.17, 15) is 10.1 Å². The van der Waals surface area contributed by atoms with E-state index in [1.807, 2.05) is 88.4 Å². The Bertz CT molecular complexity index is 1730. The molecule has 1 aromatic heterocycles. The first-order valence-corrected chi connectivity index (χ1v) is 14.6. The van der Waals surface area contributed by atoms with Gasteiger partial charge in [-0.15, -0.1) is 0 Å². The van der Waals surface area contributed by atoms with E-state index in [1.165, 1.54) is 22.0 Å².